The molecule has 10 heavy (non-hydrogen) atoms. The topological polar surface area (TPSA) is 79.7 Å². The first-order chi connectivity index (χ1) is 4.74. The maximum Gasteiger partial charge on any atom is 0.143 e. The lowest BCUT2D eigenvalue weighted by Gasteiger charge is -1.95. The molecule has 54 valence electrons. The third-order valence-electron chi connectivity index (χ3n) is 1.09. The Hall–Kier alpha value is -1.52. The first-order valence-electron chi connectivity index (χ1n) is 2.82. The molecule has 0 aromatic carbocycles. The molecule has 1 aromatic rings. The second-order valence-electron chi connectivity index (χ2n) is 1.78. The zero-order valence-electron chi connectivity index (χ0n) is 5.63. The molecule has 5 nitrogen and oxygen atoms in total. The van der Waals surface area contributed by atoms with Crippen LogP contribution >= 0.6 is 0 Å². The summed E-state index contributed by atoms with van der Waals surface area (Å²) in [6.45, 7) is 0. The Bertz CT molecular complexity index is 238. The van der Waals surface area contributed by atoms with Crippen molar-refractivity contribution in [3.05, 3.63) is 18.0 Å². The Balaban J connectivity index is 2.88. The first kappa shape index (κ1) is 6.60. The van der Waals surface area contributed by atoms with Gasteiger partial charge in [-0.3, -0.25) is 5.41 Å². The summed E-state index contributed by atoms with van der Waals surface area (Å²) in [4.78, 5) is 1.48. The molecule has 0 radical (unpaired) electrons. The number of nitrogens with two attached hydrogens (primary N) is 1. The van der Waals surface area contributed by atoms with Gasteiger partial charge in [-0.05, 0) is 6.07 Å². The zero-order chi connectivity index (χ0) is 7.56. The van der Waals surface area contributed by atoms with E-state index in [-0.39, 0.29) is 5.84 Å². The Morgan fingerprint density at radius 2 is 2.60 bits per heavy atom. The van der Waals surface area contributed by atoms with E-state index in [9.17, 15) is 0 Å². The van der Waals surface area contributed by atoms with E-state index in [2.05, 4.69) is 10.5 Å². The number of aromatic nitrogens is 2. The predicted molar refractivity (Wildman–Crippen MR) is 38.5 cm³/mol. The summed E-state index contributed by atoms with van der Waals surface area (Å²) in [6, 6.07) is 1.67. The van der Waals surface area contributed by atoms with Crippen molar-refractivity contribution >= 4 is 5.84 Å². The second-order valence-corrected chi connectivity index (χ2v) is 1.78. The number of hydrogen-bond acceptors (Lipinski definition) is 3. The van der Waals surface area contributed by atoms with E-state index in [4.69, 9.17) is 11.1 Å². The van der Waals surface area contributed by atoms with Gasteiger partial charge in [0.1, 0.15) is 11.5 Å². The lowest BCUT2D eigenvalue weighted by Crippen LogP contribution is -2.15. The van der Waals surface area contributed by atoms with Crippen molar-refractivity contribution in [3.8, 4) is 0 Å². The molecule has 0 unspecified atom stereocenters. The molecule has 0 aliphatic carbocycles. The van der Waals surface area contributed by atoms with Gasteiger partial charge in [0, 0.05) is 13.2 Å². The molecule has 0 atom stereocenters. The number of nitrogens with zero attached hydrogens (tertiary/aromatic N) is 2. The summed E-state index contributed by atoms with van der Waals surface area (Å²) < 4.78 is 0. The quantitative estimate of drug-likeness (QED) is 0.376. The van der Waals surface area contributed by atoms with E-state index in [0.717, 1.165) is 0 Å². The number of nitrogen functional groups attached to an aromatic ring is 1. The summed E-state index contributed by atoms with van der Waals surface area (Å²) >= 11 is 0. The van der Waals surface area contributed by atoms with E-state index in [1.54, 1.807) is 19.3 Å². The molecular weight excluding hydrogens is 130 g/mol. The summed E-state index contributed by atoms with van der Waals surface area (Å²) in [6.07, 6.45) is 1.69. The number of hydrogen-bond donors (Lipinski definition) is 3. The van der Waals surface area contributed by atoms with Crippen molar-refractivity contribution in [1.29, 1.82) is 5.41 Å². The first-order valence-corrected chi connectivity index (χ1v) is 2.82. The van der Waals surface area contributed by atoms with Crippen LogP contribution in [0.5, 0.6) is 0 Å². The average Bonchev–Trinajstić information content (AvgIpc) is 2.34. The SMILES string of the molecule is CNn1ccc(C(=N)N)n1. The van der Waals surface area contributed by atoms with Crippen molar-refractivity contribution in [1.82, 2.24) is 9.89 Å². The van der Waals surface area contributed by atoms with Crippen LogP contribution in [0.3, 0.4) is 0 Å². The van der Waals surface area contributed by atoms with Crippen LogP contribution in [0.2, 0.25) is 0 Å². The van der Waals surface area contributed by atoms with Crippen LogP contribution in [-0.4, -0.2) is 22.8 Å². The Kier molecular flexibility index (Phi) is 1.57. The van der Waals surface area contributed by atoms with Crippen LogP contribution in [0.1, 0.15) is 5.69 Å². The maximum atomic E-state index is 7.00. The minimum Gasteiger partial charge on any atom is -0.382 e. The van der Waals surface area contributed by atoms with Gasteiger partial charge in [-0.15, -0.1) is 5.10 Å². The molecular formula is C5H9N5. The van der Waals surface area contributed by atoms with Crippen molar-refractivity contribution in [2.75, 3.05) is 12.5 Å². The Morgan fingerprint density at radius 1 is 1.90 bits per heavy atom. The summed E-state index contributed by atoms with van der Waals surface area (Å²) in [7, 11) is 1.73. The van der Waals surface area contributed by atoms with E-state index < -0.39 is 0 Å². The van der Waals surface area contributed by atoms with Gasteiger partial charge in [0.2, 0.25) is 0 Å². The third-order valence-corrected chi connectivity index (χ3v) is 1.09. The largest absolute Gasteiger partial charge is 0.382 e. The van der Waals surface area contributed by atoms with Crippen molar-refractivity contribution in [2.24, 2.45) is 5.73 Å². The number of rotatable bonds is 2. The van der Waals surface area contributed by atoms with Gasteiger partial charge >= 0.3 is 0 Å². The van der Waals surface area contributed by atoms with Gasteiger partial charge in [0.15, 0.2) is 0 Å². The summed E-state index contributed by atoms with van der Waals surface area (Å²) in [5, 5.41) is 10.9. The van der Waals surface area contributed by atoms with Crippen LogP contribution < -0.4 is 11.2 Å². The molecule has 0 amide bonds. The number of amidine groups is 1. The monoisotopic (exact) mass is 139 g/mol. The molecule has 4 N–H and O–H groups in total. The van der Waals surface area contributed by atoms with E-state index in [0.29, 0.717) is 5.69 Å². The molecule has 5 heteroatoms. The molecule has 1 rings (SSSR count). The zero-order valence-corrected chi connectivity index (χ0v) is 5.63. The third kappa shape index (κ3) is 1.07. The highest BCUT2D eigenvalue weighted by Crippen LogP contribution is 1.90. The molecule has 0 saturated heterocycles. The van der Waals surface area contributed by atoms with Crippen LogP contribution in [-0.2, 0) is 0 Å². The lowest BCUT2D eigenvalue weighted by molar-refractivity contribution is 0.778. The van der Waals surface area contributed by atoms with Crippen LogP contribution in [0.15, 0.2) is 12.3 Å². The standard InChI is InChI=1S/C5H9N5/c1-8-10-3-2-4(9-10)5(6)7/h2-3,8H,1H3,(H3,6,7). The minimum atomic E-state index is -0.0194. The smallest absolute Gasteiger partial charge is 0.143 e. The summed E-state index contributed by atoms with van der Waals surface area (Å²) in [5.74, 6) is -0.0194. The van der Waals surface area contributed by atoms with E-state index >= 15 is 0 Å². The van der Waals surface area contributed by atoms with Crippen LogP contribution in [0.4, 0.5) is 0 Å². The van der Waals surface area contributed by atoms with E-state index in [1.165, 1.54) is 4.79 Å². The Morgan fingerprint density at radius 3 is 2.90 bits per heavy atom. The Labute approximate surface area is 58.3 Å². The molecule has 1 aromatic heterocycles. The fourth-order valence-electron chi connectivity index (χ4n) is 0.592. The van der Waals surface area contributed by atoms with Gasteiger partial charge in [-0.2, -0.15) is 4.79 Å². The molecule has 0 spiro atoms. The minimum absolute atomic E-state index is 0.0194. The van der Waals surface area contributed by atoms with Crippen molar-refractivity contribution in [3.63, 3.8) is 0 Å². The molecule has 0 aliphatic heterocycles. The van der Waals surface area contributed by atoms with Crippen LogP contribution in [0, 0.1) is 5.41 Å². The van der Waals surface area contributed by atoms with E-state index in [1.807, 2.05) is 0 Å². The highest BCUT2D eigenvalue weighted by molar-refractivity contribution is 5.92. The molecule has 0 saturated carbocycles. The van der Waals surface area contributed by atoms with Gasteiger partial charge in [-0.25, -0.2) is 0 Å². The second kappa shape index (κ2) is 2.38. The van der Waals surface area contributed by atoms with Crippen LogP contribution in [0.25, 0.3) is 0 Å². The summed E-state index contributed by atoms with van der Waals surface area (Å²) in [5.41, 5.74) is 8.40. The molecule has 0 aliphatic rings. The van der Waals surface area contributed by atoms with Gasteiger partial charge in [0.25, 0.3) is 0 Å². The number of nitrogens with one attached hydrogen (secondary N) is 2. The molecule has 0 bridgehead atoms. The van der Waals surface area contributed by atoms with Gasteiger partial charge < -0.3 is 11.2 Å². The fraction of sp³-hybridized carbons (Fsp3) is 0.200. The predicted octanol–water partition coefficient (Wildman–Crippen LogP) is -0.660. The van der Waals surface area contributed by atoms with Crippen molar-refractivity contribution in [2.45, 2.75) is 0 Å². The maximum absolute atomic E-state index is 7.00. The fourth-order valence-corrected chi connectivity index (χ4v) is 0.592. The van der Waals surface area contributed by atoms with Gasteiger partial charge in [-0.1, -0.05) is 0 Å². The molecule has 1 heterocycles. The average molecular weight is 139 g/mol. The lowest BCUT2D eigenvalue weighted by atomic mass is 10.4. The normalized spacial score (nSPS) is 9.30. The van der Waals surface area contributed by atoms with Crippen molar-refractivity contribution < 1.29 is 0 Å². The molecule has 0 fully saturated rings. The van der Waals surface area contributed by atoms with Gasteiger partial charge in [0.05, 0.1) is 0 Å². The highest BCUT2D eigenvalue weighted by Gasteiger charge is 1.98. The highest BCUT2D eigenvalue weighted by atomic mass is 15.5.